The number of aliphatic hydroxyl groups excluding tert-OH is 1. The van der Waals surface area contributed by atoms with E-state index in [0.717, 1.165) is 212 Å². The molecule has 0 aliphatic heterocycles. The molecule has 0 radical (unpaired) electrons. The molecule has 0 bridgehead atoms. The van der Waals surface area contributed by atoms with Crippen LogP contribution < -0.4 is 0 Å². The Morgan fingerprint density at radius 3 is 0.827 bits per heavy atom. The van der Waals surface area contributed by atoms with E-state index in [2.05, 4.69) is 174 Å². The van der Waals surface area contributed by atoms with Crippen LogP contribution in [0.3, 0.4) is 0 Å². The van der Waals surface area contributed by atoms with Crippen molar-refractivity contribution in [3.05, 3.63) is 146 Å². The summed E-state index contributed by atoms with van der Waals surface area (Å²) in [5.41, 5.74) is 0. The predicted molar refractivity (Wildman–Crippen MR) is 427 cm³/mol. The summed E-state index contributed by atoms with van der Waals surface area (Å²) in [6.45, 7) is 4.47. The fourth-order valence-corrected chi connectivity index (χ4v) is 11.8. The second-order valence-electron chi connectivity index (χ2n) is 26.2. The fraction of sp³-hybridized carbons (Fsp3) is 0.671. The number of ether oxygens (including phenoxy) is 4. The first-order valence-corrected chi connectivity index (χ1v) is 43.1. The third-order valence-corrected chi connectivity index (χ3v) is 18.2. The minimum absolute atomic E-state index is 0.0655. The van der Waals surface area contributed by atoms with Crippen LogP contribution in [-0.4, -0.2) is 96.7 Å². The monoisotopic (exact) mass is 1500 g/mol. The highest BCUT2D eigenvalue weighted by Gasteiger charge is 2.30. The van der Waals surface area contributed by atoms with Gasteiger partial charge >= 0.3 is 39.5 Å². The largest absolute Gasteiger partial charge is 0.472 e. The first-order valence-electron chi connectivity index (χ1n) is 40.1. The van der Waals surface area contributed by atoms with Crippen molar-refractivity contribution in [2.75, 3.05) is 39.6 Å². The first-order chi connectivity index (χ1) is 50.7. The Balaban J connectivity index is 5.42. The van der Waals surface area contributed by atoms with Gasteiger partial charge in [0.2, 0.25) is 0 Å². The van der Waals surface area contributed by atoms with E-state index in [0.29, 0.717) is 25.7 Å². The second kappa shape index (κ2) is 76.1. The van der Waals surface area contributed by atoms with E-state index >= 15 is 0 Å². The average molecular weight is 1500 g/mol. The van der Waals surface area contributed by atoms with E-state index < -0.39 is 97.5 Å². The zero-order valence-electron chi connectivity index (χ0n) is 64.9. The van der Waals surface area contributed by atoms with Crippen molar-refractivity contribution in [2.45, 2.75) is 329 Å². The molecule has 0 fully saturated rings. The van der Waals surface area contributed by atoms with Crippen molar-refractivity contribution in [3.63, 3.8) is 0 Å². The highest BCUT2D eigenvalue weighted by Crippen LogP contribution is 2.45. The number of carbonyl (C=O) groups excluding carboxylic acids is 4. The summed E-state index contributed by atoms with van der Waals surface area (Å²) in [6.07, 6.45) is 86.8. The maximum absolute atomic E-state index is 13.1. The molecule has 0 aromatic heterocycles. The molecule has 17 nitrogen and oxygen atoms in total. The summed E-state index contributed by atoms with van der Waals surface area (Å²) in [6, 6.07) is 0. The molecule has 0 aliphatic carbocycles. The van der Waals surface area contributed by atoms with Crippen LogP contribution in [0.15, 0.2) is 146 Å². The number of rotatable bonds is 74. The third-order valence-electron chi connectivity index (χ3n) is 16.2. The number of hydrogen-bond acceptors (Lipinski definition) is 15. The molecule has 0 amide bonds. The van der Waals surface area contributed by atoms with Gasteiger partial charge in [-0.3, -0.25) is 37.3 Å². The van der Waals surface area contributed by atoms with E-state index in [-0.39, 0.29) is 25.7 Å². The highest BCUT2D eigenvalue weighted by atomic mass is 31.2. The van der Waals surface area contributed by atoms with Gasteiger partial charge in [0.05, 0.1) is 26.4 Å². The van der Waals surface area contributed by atoms with Gasteiger partial charge in [0.25, 0.3) is 0 Å². The van der Waals surface area contributed by atoms with Gasteiger partial charge in [-0.25, -0.2) is 9.13 Å². The van der Waals surface area contributed by atoms with Crippen molar-refractivity contribution in [3.8, 4) is 0 Å². The van der Waals surface area contributed by atoms with Gasteiger partial charge in [-0.1, -0.05) is 270 Å². The van der Waals surface area contributed by atoms with Gasteiger partial charge < -0.3 is 33.8 Å². The highest BCUT2D eigenvalue weighted by molar-refractivity contribution is 7.47. The van der Waals surface area contributed by atoms with Gasteiger partial charge in [-0.05, 0) is 161 Å². The van der Waals surface area contributed by atoms with Gasteiger partial charge in [0.15, 0.2) is 12.2 Å². The molecule has 0 aromatic carbocycles. The van der Waals surface area contributed by atoms with E-state index in [1.807, 2.05) is 0 Å². The summed E-state index contributed by atoms with van der Waals surface area (Å²) in [5.74, 6) is -2.27. The number of allylic oxidation sites excluding steroid dienone is 24. The molecular formula is C85H142O17P2. The normalized spacial score (nSPS) is 14.6. The molecular weight excluding hydrogens is 1350 g/mol. The summed E-state index contributed by atoms with van der Waals surface area (Å²) in [4.78, 5) is 73.0. The molecule has 3 N–H and O–H groups in total. The minimum Gasteiger partial charge on any atom is -0.462 e. The lowest BCUT2D eigenvalue weighted by Crippen LogP contribution is -2.30. The lowest BCUT2D eigenvalue weighted by molar-refractivity contribution is -0.161. The maximum Gasteiger partial charge on any atom is 0.472 e. The average Bonchev–Trinajstić information content (AvgIpc) is 0.916. The van der Waals surface area contributed by atoms with Crippen molar-refractivity contribution in [2.24, 2.45) is 0 Å². The summed E-state index contributed by atoms with van der Waals surface area (Å²) in [7, 11) is -9.99. The second-order valence-corrected chi connectivity index (χ2v) is 29.1. The molecule has 19 heteroatoms. The summed E-state index contributed by atoms with van der Waals surface area (Å²) in [5, 5.41) is 10.6. The standard InChI is InChI=1S/C85H142O17P2/c1-5-9-13-17-21-25-29-33-36-38-39-41-43-47-50-54-58-62-66-70-83(88)96-76-81(102-85(90)72-68-64-60-56-52-48-44-40-37-34-30-26-22-18-14-10-6-2)78-100-104(93,94)98-74-79(86)73-97-103(91,92)99-77-80(101-84(89)71-67-63-59-55-51-45-32-28-24-20-16-12-8-4)75-95-82(87)69-65-61-57-53-49-46-42-35-31-27-23-19-15-11-7-3/h10-11,14-16,20-23,25-28,32-37,39,41-42,49,53,79-81,86H,5-9,12-13,17-19,24,29-31,38,40,43-48,50-52,54-78H2,1-4H3,(H,91,92)(H,93,94)/b14-10-,15-11-,20-16-,25-21-,26-22-,27-23-,32-28-,36-33-,37-34-,41-39-,42-35-,53-49-. The molecule has 0 aromatic rings. The smallest absolute Gasteiger partial charge is 0.462 e. The Hall–Kier alpha value is -5.06. The lowest BCUT2D eigenvalue weighted by Gasteiger charge is -2.21. The van der Waals surface area contributed by atoms with E-state index in [4.69, 9.17) is 37.0 Å². The van der Waals surface area contributed by atoms with Crippen LogP contribution in [0.25, 0.3) is 0 Å². The van der Waals surface area contributed by atoms with Crippen LogP contribution in [-0.2, 0) is 65.4 Å². The summed E-state index contributed by atoms with van der Waals surface area (Å²) < 4.78 is 68.6. The topological polar surface area (TPSA) is 237 Å². The van der Waals surface area contributed by atoms with Gasteiger partial charge in [0.1, 0.15) is 19.3 Å². The molecule has 104 heavy (non-hydrogen) atoms. The first kappa shape index (κ1) is 98.9. The number of phosphoric ester groups is 2. The van der Waals surface area contributed by atoms with Crippen molar-refractivity contribution in [1.82, 2.24) is 0 Å². The molecule has 0 aliphatic rings. The number of hydrogen-bond donors (Lipinski definition) is 3. The minimum atomic E-state index is -4.99. The van der Waals surface area contributed by atoms with Gasteiger partial charge in [-0.15, -0.1) is 0 Å². The van der Waals surface area contributed by atoms with E-state index in [1.165, 1.54) is 19.3 Å². The number of carbonyl (C=O) groups is 4. The number of phosphoric acid groups is 2. The quantitative estimate of drug-likeness (QED) is 0.0169. The lowest BCUT2D eigenvalue weighted by atomic mass is 10.1. The Labute approximate surface area is 630 Å². The molecule has 5 atom stereocenters. The Morgan fingerprint density at radius 1 is 0.279 bits per heavy atom. The maximum atomic E-state index is 13.1. The molecule has 0 spiro atoms. The molecule has 0 heterocycles. The Morgan fingerprint density at radius 2 is 0.519 bits per heavy atom. The SMILES string of the molecule is CC/C=C\C/C=C\C/C=C\C/C=C\CCCCC(=O)OCC(COP(=O)(O)OCC(O)COP(=O)(O)OCC(COC(=O)CCCCCCCC/C=C\C/C=C\C/C=C\CCCCC)OC(=O)CCCCCCCCC/C=C\C/C=C\C/C=C\CC)OC(=O)CCCCCCC/C=C\C/C=C\CCC. The van der Waals surface area contributed by atoms with Gasteiger partial charge in [-0.2, -0.15) is 0 Å². The zero-order valence-corrected chi connectivity index (χ0v) is 66.7. The van der Waals surface area contributed by atoms with Crippen LogP contribution in [0.5, 0.6) is 0 Å². The number of aliphatic hydroxyl groups is 1. The molecule has 594 valence electrons. The van der Waals surface area contributed by atoms with Crippen LogP contribution in [0.4, 0.5) is 0 Å². The van der Waals surface area contributed by atoms with E-state index in [9.17, 15) is 43.2 Å². The molecule has 0 saturated carbocycles. The third kappa shape index (κ3) is 75.2. The van der Waals surface area contributed by atoms with Crippen LogP contribution in [0.2, 0.25) is 0 Å². The number of unbranched alkanes of at least 4 members (excludes halogenated alkanes) is 24. The summed E-state index contributed by atoms with van der Waals surface area (Å²) >= 11 is 0. The number of esters is 4. The molecule has 0 rings (SSSR count). The van der Waals surface area contributed by atoms with Crippen molar-refractivity contribution >= 4 is 39.5 Å². The zero-order chi connectivity index (χ0) is 76.0. The van der Waals surface area contributed by atoms with Crippen molar-refractivity contribution < 1.29 is 80.2 Å². The van der Waals surface area contributed by atoms with Crippen LogP contribution >= 0.6 is 15.6 Å². The Kier molecular flexibility index (Phi) is 72.4. The predicted octanol–water partition coefficient (Wildman–Crippen LogP) is 23.4. The Bertz CT molecular complexity index is 2540. The van der Waals surface area contributed by atoms with Crippen LogP contribution in [0, 0.1) is 0 Å². The molecule has 0 saturated heterocycles. The molecule has 5 unspecified atom stereocenters. The van der Waals surface area contributed by atoms with Crippen molar-refractivity contribution in [1.29, 1.82) is 0 Å². The van der Waals surface area contributed by atoms with E-state index in [1.54, 1.807) is 0 Å². The fourth-order valence-electron chi connectivity index (χ4n) is 10.2. The van der Waals surface area contributed by atoms with Crippen LogP contribution in [0.1, 0.15) is 310 Å². The van der Waals surface area contributed by atoms with Gasteiger partial charge in [0, 0.05) is 25.7 Å².